The molecule has 1 fully saturated rings. The maximum absolute atomic E-state index is 9.62. The lowest BCUT2D eigenvalue weighted by atomic mass is 10.0. The third kappa shape index (κ3) is 5.17. The second-order valence-corrected chi connectivity index (χ2v) is 8.50. The smallest absolute Gasteiger partial charge is 0.248 e. The first-order valence-corrected chi connectivity index (χ1v) is 11.5. The van der Waals surface area contributed by atoms with Crippen LogP contribution < -0.4 is 9.47 Å². The Hall–Kier alpha value is -2.97. The minimum absolute atomic E-state index is 0.0294. The van der Waals surface area contributed by atoms with Crippen molar-refractivity contribution < 1.29 is 24.1 Å². The fraction of sp³-hybridized carbons (Fsp3) is 0.480. The van der Waals surface area contributed by atoms with Gasteiger partial charge in [-0.3, -0.25) is 0 Å². The summed E-state index contributed by atoms with van der Waals surface area (Å²) in [6.07, 6.45) is 4.53. The molecule has 0 radical (unpaired) electrons. The lowest BCUT2D eigenvalue weighted by molar-refractivity contribution is 0.0531. The molecule has 4 rings (SSSR count). The van der Waals surface area contributed by atoms with Crippen molar-refractivity contribution in [1.82, 2.24) is 15.2 Å². The van der Waals surface area contributed by atoms with Gasteiger partial charge in [0.1, 0.15) is 18.5 Å². The van der Waals surface area contributed by atoms with Crippen molar-refractivity contribution in [3.63, 3.8) is 0 Å². The van der Waals surface area contributed by atoms with Gasteiger partial charge < -0.3 is 24.1 Å². The summed E-state index contributed by atoms with van der Waals surface area (Å²) in [5.74, 6) is 2.53. The van der Waals surface area contributed by atoms with E-state index in [1.807, 2.05) is 38.1 Å². The zero-order valence-electron chi connectivity index (χ0n) is 19.4. The van der Waals surface area contributed by atoms with Crippen LogP contribution in [0.4, 0.5) is 0 Å². The number of benzene rings is 1. The quantitative estimate of drug-likeness (QED) is 0.499. The van der Waals surface area contributed by atoms with Gasteiger partial charge in [0.2, 0.25) is 17.7 Å². The van der Waals surface area contributed by atoms with E-state index >= 15 is 0 Å². The van der Waals surface area contributed by atoms with E-state index in [2.05, 4.69) is 15.2 Å². The molecule has 1 aliphatic rings. The third-order valence-electron chi connectivity index (χ3n) is 6.09. The molecule has 0 bridgehead atoms. The summed E-state index contributed by atoms with van der Waals surface area (Å²) in [4.78, 5) is 4.64. The number of ether oxygens (including phenoxy) is 2. The maximum atomic E-state index is 9.62. The first-order valence-electron chi connectivity index (χ1n) is 11.5. The van der Waals surface area contributed by atoms with Gasteiger partial charge in [0.15, 0.2) is 0 Å². The molecule has 8 nitrogen and oxygen atoms in total. The van der Waals surface area contributed by atoms with Gasteiger partial charge in [-0.2, -0.15) is 0 Å². The minimum Gasteiger partial charge on any atom is -0.490 e. The zero-order valence-corrected chi connectivity index (χ0v) is 19.4. The first kappa shape index (κ1) is 23.2. The normalized spacial score (nSPS) is 15.1. The molecular formula is C25H31N3O5. The average Bonchev–Trinajstić information content (AvgIpc) is 3.55. The summed E-state index contributed by atoms with van der Waals surface area (Å²) in [7, 11) is 1.61. The van der Waals surface area contributed by atoms with Gasteiger partial charge in [-0.15, -0.1) is 10.2 Å². The van der Waals surface area contributed by atoms with Crippen molar-refractivity contribution in [2.45, 2.75) is 58.0 Å². The van der Waals surface area contributed by atoms with Gasteiger partial charge in [-0.25, -0.2) is 4.98 Å². The molecule has 3 aromatic rings. The van der Waals surface area contributed by atoms with E-state index in [4.69, 9.17) is 19.0 Å². The summed E-state index contributed by atoms with van der Waals surface area (Å²) >= 11 is 0. The molecule has 176 valence electrons. The van der Waals surface area contributed by atoms with Crippen molar-refractivity contribution in [3.8, 4) is 34.5 Å². The molecule has 1 atom stereocenters. The van der Waals surface area contributed by atoms with Crippen molar-refractivity contribution in [1.29, 1.82) is 0 Å². The van der Waals surface area contributed by atoms with Crippen LogP contribution in [0.3, 0.4) is 0 Å². The summed E-state index contributed by atoms with van der Waals surface area (Å²) in [5.41, 5.74) is 4.47. The predicted molar refractivity (Wildman–Crippen MR) is 123 cm³/mol. The second-order valence-electron chi connectivity index (χ2n) is 8.50. The highest BCUT2D eigenvalue weighted by Crippen LogP contribution is 2.37. The van der Waals surface area contributed by atoms with Gasteiger partial charge in [0.05, 0.1) is 13.7 Å². The highest BCUT2D eigenvalue weighted by Gasteiger charge is 2.22. The number of nitrogens with zero attached hydrogens (tertiary/aromatic N) is 3. The lowest BCUT2D eigenvalue weighted by Gasteiger charge is -2.16. The number of aliphatic hydroxyl groups is 2. The molecule has 8 heteroatoms. The lowest BCUT2D eigenvalue weighted by Crippen LogP contribution is -2.22. The molecule has 1 aromatic carbocycles. The Labute approximate surface area is 193 Å². The molecule has 0 aliphatic heterocycles. The molecule has 2 heterocycles. The van der Waals surface area contributed by atoms with Crippen LogP contribution in [0.1, 0.15) is 55.3 Å². The number of aromatic nitrogens is 3. The Morgan fingerprint density at radius 2 is 1.79 bits per heavy atom. The highest BCUT2D eigenvalue weighted by molar-refractivity contribution is 5.63. The van der Waals surface area contributed by atoms with E-state index < -0.39 is 6.10 Å². The van der Waals surface area contributed by atoms with E-state index in [0.717, 1.165) is 47.2 Å². The van der Waals surface area contributed by atoms with Crippen LogP contribution in [0.5, 0.6) is 11.6 Å². The number of hydrogen-bond acceptors (Lipinski definition) is 8. The molecule has 2 aromatic heterocycles. The van der Waals surface area contributed by atoms with Crippen LogP contribution in [-0.2, 0) is 6.42 Å². The summed E-state index contributed by atoms with van der Waals surface area (Å²) < 4.78 is 17.3. The van der Waals surface area contributed by atoms with E-state index in [1.54, 1.807) is 7.11 Å². The fourth-order valence-corrected chi connectivity index (χ4v) is 4.31. The number of pyridine rings is 1. The number of aliphatic hydroxyl groups excluding tert-OH is 2. The Bertz CT molecular complexity index is 1090. The zero-order chi connectivity index (χ0) is 23.4. The van der Waals surface area contributed by atoms with E-state index in [-0.39, 0.29) is 13.2 Å². The molecule has 33 heavy (non-hydrogen) atoms. The topological polar surface area (TPSA) is 111 Å². The van der Waals surface area contributed by atoms with Gasteiger partial charge in [-0.05, 0) is 55.5 Å². The van der Waals surface area contributed by atoms with E-state index in [0.29, 0.717) is 29.3 Å². The standard InChI is InChI=1S/C25H31N3O5/c1-4-16-10-18(9-15(2)23(16)32-14-20(30)13-29)24-27-28-25(33-24)19-11-21(17-7-5-6-8-17)26-22(12-19)31-3/h9-12,17,20,29-30H,4-8,13-14H2,1-3H3/t20-/m0/s1. The molecule has 1 aliphatic carbocycles. The molecule has 0 spiro atoms. The van der Waals surface area contributed by atoms with Gasteiger partial charge in [0, 0.05) is 28.8 Å². The molecule has 0 amide bonds. The van der Waals surface area contributed by atoms with Gasteiger partial charge in [0.25, 0.3) is 0 Å². The predicted octanol–water partition coefficient (Wildman–Crippen LogP) is 4.07. The Morgan fingerprint density at radius 3 is 2.42 bits per heavy atom. The van der Waals surface area contributed by atoms with Crippen molar-refractivity contribution >= 4 is 0 Å². The van der Waals surface area contributed by atoms with Crippen LogP contribution in [0.2, 0.25) is 0 Å². The average molecular weight is 454 g/mol. The van der Waals surface area contributed by atoms with E-state index in [9.17, 15) is 5.11 Å². The van der Waals surface area contributed by atoms with Gasteiger partial charge >= 0.3 is 0 Å². The monoisotopic (exact) mass is 453 g/mol. The molecule has 0 unspecified atom stereocenters. The Morgan fingerprint density at radius 1 is 1.09 bits per heavy atom. The second kappa shape index (κ2) is 10.3. The van der Waals surface area contributed by atoms with Crippen LogP contribution in [0.15, 0.2) is 28.7 Å². The summed E-state index contributed by atoms with van der Waals surface area (Å²) in [6, 6.07) is 7.74. The largest absolute Gasteiger partial charge is 0.490 e. The molecule has 0 saturated heterocycles. The fourth-order valence-electron chi connectivity index (χ4n) is 4.31. The van der Waals surface area contributed by atoms with Crippen LogP contribution in [0.25, 0.3) is 22.9 Å². The third-order valence-corrected chi connectivity index (χ3v) is 6.09. The Balaban J connectivity index is 1.63. The van der Waals surface area contributed by atoms with Gasteiger partial charge in [-0.1, -0.05) is 19.8 Å². The van der Waals surface area contributed by atoms with Crippen LogP contribution >= 0.6 is 0 Å². The highest BCUT2D eigenvalue weighted by atomic mass is 16.5. The number of aryl methyl sites for hydroxylation is 2. The van der Waals surface area contributed by atoms with Crippen molar-refractivity contribution in [2.75, 3.05) is 20.3 Å². The number of rotatable bonds is 9. The van der Waals surface area contributed by atoms with Crippen molar-refractivity contribution in [3.05, 3.63) is 41.1 Å². The van der Waals surface area contributed by atoms with Crippen LogP contribution in [0, 0.1) is 6.92 Å². The van der Waals surface area contributed by atoms with Crippen LogP contribution in [-0.4, -0.2) is 51.8 Å². The first-order chi connectivity index (χ1) is 16.0. The SMILES string of the molecule is CCc1cc(-c2nnc(-c3cc(OC)nc(C4CCCC4)c3)o2)cc(C)c1OC[C@@H](O)CO. The molecular weight excluding hydrogens is 422 g/mol. The number of methoxy groups -OCH3 is 1. The summed E-state index contributed by atoms with van der Waals surface area (Å²) in [6.45, 7) is 3.65. The maximum Gasteiger partial charge on any atom is 0.248 e. The molecule has 1 saturated carbocycles. The summed E-state index contributed by atoms with van der Waals surface area (Å²) in [5, 5.41) is 27.2. The number of hydrogen-bond donors (Lipinski definition) is 2. The Kier molecular flexibility index (Phi) is 7.25. The van der Waals surface area contributed by atoms with E-state index in [1.165, 1.54) is 12.8 Å². The molecule has 2 N–H and O–H groups in total. The van der Waals surface area contributed by atoms with Crippen molar-refractivity contribution in [2.24, 2.45) is 0 Å². The minimum atomic E-state index is -0.918.